The lowest BCUT2D eigenvalue weighted by atomic mass is 9.86. The summed E-state index contributed by atoms with van der Waals surface area (Å²) in [5, 5.41) is 7.51. The van der Waals surface area contributed by atoms with E-state index in [0.29, 0.717) is 0 Å². The fraction of sp³-hybridized carbons (Fsp3) is 0. The van der Waals surface area contributed by atoms with Gasteiger partial charge in [0.1, 0.15) is 0 Å². The van der Waals surface area contributed by atoms with E-state index in [9.17, 15) is 0 Å². The van der Waals surface area contributed by atoms with Gasteiger partial charge in [-0.1, -0.05) is 176 Å². The Morgan fingerprint density at radius 2 is 0.519 bits per heavy atom. The number of fused-ring (bicyclic) bond motifs is 3. The molecule has 0 atom stereocenters. The zero-order valence-corrected chi connectivity index (χ0v) is 29.8. The van der Waals surface area contributed by atoms with E-state index in [0.717, 1.165) is 0 Å². The van der Waals surface area contributed by atoms with Gasteiger partial charge in [-0.25, -0.2) is 0 Å². The van der Waals surface area contributed by atoms with Crippen molar-refractivity contribution in [3.8, 4) is 66.8 Å². The van der Waals surface area contributed by atoms with Crippen LogP contribution >= 0.6 is 0 Å². The molecule has 0 nitrogen and oxygen atoms in total. The Kier molecular flexibility index (Phi) is 7.93. The molecule has 0 radical (unpaired) electrons. The first-order valence-corrected chi connectivity index (χ1v) is 18.7. The highest BCUT2D eigenvalue weighted by Gasteiger charge is 2.16. The van der Waals surface area contributed by atoms with Gasteiger partial charge in [0.25, 0.3) is 0 Å². The summed E-state index contributed by atoms with van der Waals surface area (Å²) in [7, 11) is 0. The van der Waals surface area contributed by atoms with Gasteiger partial charge in [0.2, 0.25) is 0 Å². The molecule has 0 aliphatic carbocycles. The molecule has 0 N–H and O–H groups in total. The molecule has 54 heavy (non-hydrogen) atoms. The molecule has 0 amide bonds. The summed E-state index contributed by atoms with van der Waals surface area (Å²) in [6.07, 6.45) is 0. The smallest absolute Gasteiger partial charge is 0.00926 e. The lowest BCUT2D eigenvalue weighted by molar-refractivity contribution is 1.58. The summed E-state index contributed by atoms with van der Waals surface area (Å²) >= 11 is 0. The molecule has 0 aromatic heterocycles. The van der Waals surface area contributed by atoms with Crippen molar-refractivity contribution in [3.05, 3.63) is 218 Å². The third-order valence-corrected chi connectivity index (χ3v) is 10.8. The third kappa shape index (κ3) is 5.94. The van der Waals surface area contributed by atoms with Gasteiger partial charge in [-0.15, -0.1) is 0 Å². The Hall–Kier alpha value is -7.02. The highest BCUT2D eigenvalue weighted by Crippen LogP contribution is 2.42. The summed E-state index contributed by atoms with van der Waals surface area (Å²) in [5.41, 5.74) is 14.6. The standard InChI is InChI=1S/C54H36/c1-3-14-41(15-4-1)51-33-49(40-24-22-39(23-25-40)47-28-26-37-12-7-9-18-43(37)30-47)35-53-52(42-16-5-2-6-17-42)34-50(36-54(51)53)46-21-11-20-45(32-46)48-29-27-38-13-8-10-19-44(38)31-48/h1-36H. The molecule has 0 spiro atoms. The second-order valence-corrected chi connectivity index (χ2v) is 14.2. The van der Waals surface area contributed by atoms with Crippen LogP contribution in [0, 0.1) is 0 Å². The van der Waals surface area contributed by atoms with Crippen molar-refractivity contribution >= 4 is 32.3 Å². The van der Waals surface area contributed by atoms with Crippen LogP contribution in [0.3, 0.4) is 0 Å². The van der Waals surface area contributed by atoms with E-state index in [1.165, 1.54) is 99.1 Å². The lowest BCUT2D eigenvalue weighted by Gasteiger charge is -2.17. The summed E-state index contributed by atoms with van der Waals surface area (Å²) in [4.78, 5) is 0. The molecule has 10 rings (SSSR count). The van der Waals surface area contributed by atoms with Crippen molar-refractivity contribution in [3.63, 3.8) is 0 Å². The maximum Gasteiger partial charge on any atom is -0.00926 e. The minimum absolute atomic E-state index is 1.20. The summed E-state index contributed by atoms with van der Waals surface area (Å²) in [6, 6.07) is 79.9. The monoisotopic (exact) mass is 684 g/mol. The SMILES string of the molecule is c1ccc(-c2cc(-c3cccc(-c4ccc5ccccc5c4)c3)cc3c(-c4ccccc4)cc(-c4ccc(-c5ccc6ccccc6c5)cc4)cc23)cc1. The van der Waals surface area contributed by atoms with Crippen LogP contribution in [-0.4, -0.2) is 0 Å². The van der Waals surface area contributed by atoms with Crippen LogP contribution in [0.4, 0.5) is 0 Å². The molecule has 10 aromatic carbocycles. The Labute approximate surface area is 316 Å². The predicted octanol–water partition coefficient (Wildman–Crippen LogP) is 15.1. The maximum atomic E-state index is 2.40. The molecule has 0 unspecified atom stereocenters. The van der Waals surface area contributed by atoms with Gasteiger partial charge in [-0.3, -0.25) is 0 Å². The molecule has 0 saturated heterocycles. The Balaban J connectivity index is 1.14. The molecule has 0 heterocycles. The minimum Gasteiger partial charge on any atom is -0.0622 e. The first-order chi connectivity index (χ1) is 26.7. The predicted molar refractivity (Wildman–Crippen MR) is 232 cm³/mol. The van der Waals surface area contributed by atoms with E-state index in [-0.39, 0.29) is 0 Å². The van der Waals surface area contributed by atoms with Gasteiger partial charge in [-0.05, 0) is 142 Å². The normalized spacial score (nSPS) is 11.3. The average Bonchev–Trinajstić information content (AvgIpc) is 3.26. The molecule has 0 bridgehead atoms. The summed E-state index contributed by atoms with van der Waals surface area (Å²) < 4.78 is 0. The molecule has 0 fully saturated rings. The van der Waals surface area contributed by atoms with Crippen molar-refractivity contribution < 1.29 is 0 Å². The first kappa shape index (κ1) is 31.7. The second kappa shape index (κ2) is 13.5. The molecule has 0 heteroatoms. The van der Waals surface area contributed by atoms with Crippen LogP contribution in [0.25, 0.3) is 99.1 Å². The van der Waals surface area contributed by atoms with E-state index in [1.807, 2.05) is 0 Å². The van der Waals surface area contributed by atoms with E-state index in [4.69, 9.17) is 0 Å². The van der Waals surface area contributed by atoms with E-state index in [1.54, 1.807) is 0 Å². The van der Waals surface area contributed by atoms with Crippen LogP contribution < -0.4 is 0 Å². The molecular weight excluding hydrogens is 649 g/mol. The zero-order valence-electron chi connectivity index (χ0n) is 29.8. The van der Waals surface area contributed by atoms with Gasteiger partial charge in [-0.2, -0.15) is 0 Å². The van der Waals surface area contributed by atoms with Gasteiger partial charge in [0.05, 0.1) is 0 Å². The minimum atomic E-state index is 1.20. The van der Waals surface area contributed by atoms with Crippen molar-refractivity contribution in [1.82, 2.24) is 0 Å². The molecule has 10 aromatic rings. The maximum absolute atomic E-state index is 2.40. The molecular formula is C54H36. The number of rotatable bonds is 6. The van der Waals surface area contributed by atoms with Crippen molar-refractivity contribution in [2.24, 2.45) is 0 Å². The Bertz CT molecular complexity index is 2950. The van der Waals surface area contributed by atoms with Crippen LogP contribution in [0.2, 0.25) is 0 Å². The fourth-order valence-electron chi connectivity index (χ4n) is 7.98. The number of hydrogen-bond donors (Lipinski definition) is 0. The quantitative estimate of drug-likeness (QED) is 0.164. The largest absolute Gasteiger partial charge is 0.0622 e. The summed E-state index contributed by atoms with van der Waals surface area (Å²) in [5.74, 6) is 0. The first-order valence-electron chi connectivity index (χ1n) is 18.7. The zero-order chi connectivity index (χ0) is 35.8. The lowest BCUT2D eigenvalue weighted by Crippen LogP contribution is -1.91. The van der Waals surface area contributed by atoms with Gasteiger partial charge in [0.15, 0.2) is 0 Å². The van der Waals surface area contributed by atoms with Gasteiger partial charge >= 0.3 is 0 Å². The Morgan fingerprint density at radius 3 is 1.04 bits per heavy atom. The fourth-order valence-corrected chi connectivity index (χ4v) is 7.98. The van der Waals surface area contributed by atoms with Crippen LogP contribution in [0.15, 0.2) is 218 Å². The van der Waals surface area contributed by atoms with E-state index in [2.05, 4.69) is 218 Å². The van der Waals surface area contributed by atoms with Crippen LogP contribution in [0.1, 0.15) is 0 Å². The van der Waals surface area contributed by atoms with Crippen molar-refractivity contribution in [2.45, 2.75) is 0 Å². The number of hydrogen-bond acceptors (Lipinski definition) is 0. The average molecular weight is 685 g/mol. The Morgan fingerprint density at radius 1 is 0.167 bits per heavy atom. The van der Waals surface area contributed by atoms with Gasteiger partial charge < -0.3 is 0 Å². The molecule has 0 aliphatic rings. The number of benzene rings is 10. The van der Waals surface area contributed by atoms with E-state index < -0.39 is 0 Å². The third-order valence-electron chi connectivity index (χ3n) is 10.8. The van der Waals surface area contributed by atoms with Crippen molar-refractivity contribution in [2.75, 3.05) is 0 Å². The van der Waals surface area contributed by atoms with Crippen molar-refractivity contribution in [1.29, 1.82) is 0 Å². The highest BCUT2D eigenvalue weighted by molar-refractivity contribution is 6.09. The van der Waals surface area contributed by atoms with Crippen LogP contribution in [-0.2, 0) is 0 Å². The van der Waals surface area contributed by atoms with Gasteiger partial charge in [0, 0.05) is 0 Å². The van der Waals surface area contributed by atoms with Crippen LogP contribution in [0.5, 0.6) is 0 Å². The molecule has 0 saturated carbocycles. The molecule has 252 valence electrons. The highest BCUT2D eigenvalue weighted by atomic mass is 14.2. The molecule has 0 aliphatic heterocycles. The second-order valence-electron chi connectivity index (χ2n) is 14.2. The topological polar surface area (TPSA) is 0 Å². The van der Waals surface area contributed by atoms with E-state index >= 15 is 0 Å². The summed E-state index contributed by atoms with van der Waals surface area (Å²) in [6.45, 7) is 0.